The summed E-state index contributed by atoms with van der Waals surface area (Å²) in [6.07, 6.45) is 3.52. The van der Waals surface area contributed by atoms with Crippen LogP contribution in [0.2, 0.25) is 0 Å². The zero-order valence-corrected chi connectivity index (χ0v) is 8.40. The molecule has 1 saturated heterocycles. The summed E-state index contributed by atoms with van der Waals surface area (Å²) < 4.78 is 10.8. The highest BCUT2D eigenvalue weighted by atomic mass is 16.6. The Labute approximate surface area is 84.8 Å². The predicted molar refractivity (Wildman–Crippen MR) is 55.4 cm³/mol. The summed E-state index contributed by atoms with van der Waals surface area (Å²) in [5.41, 5.74) is 1.18. The van der Waals surface area contributed by atoms with E-state index in [-0.39, 0.29) is 0 Å². The number of ether oxygens (including phenoxy) is 2. The van der Waals surface area contributed by atoms with E-state index in [1.54, 1.807) is 0 Å². The molecule has 1 heterocycles. The largest absolute Gasteiger partial charge is 0.490 e. The number of epoxide rings is 1. The molecule has 1 fully saturated rings. The Hall–Kier alpha value is -1.02. The van der Waals surface area contributed by atoms with Crippen molar-refractivity contribution in [2.45, 2.75) is 19.4 Å². The molecular formula is C12H15O2. The van der Waals surface area contributed by atoms with Crippen molar-refractivity contribution in [1.82, 2.24) is 0 Å². The van der Waals surface area contributed by atoms with Crippen molar-refractivity contribution in [1.29, 1.82) is 0 Å². The number of rotatable bonds is 5. The summed E-state index contributed by atoms with van der Waals surface area (Å²) in [4.78, 5) is 0. The average molecular weight is 191 g/mol. The Morgan fingerprint density at radius 1 is 1.50 bits per heavy atom. The molecule has 0 aliphatic carbocycles. The molecule has 1 radical (unpaired) electrons. The maximum absolute atomic E-state index is 5.66. The minimum absolute atomic E-state index is 0.324. The van der Waals surface area contributed by atoms with Gasteiger partial charge in [-0.05, 0) is 24.5 Å². The molecule has 0 saturated carbocycles. The zero-order valence-electron chi connectivity index (χ0n) is 8.40. The summed E-state index contributed by atoms with van der Waals surface area (Å²) in [6.45, 7) is 3.65. The first-order valence-corrected chi connectivity index (χ1v) is 5.07. The molecule has 2 heteroatoms. The topological polar surface area (TPSA) is 21.8 Å². The molecule has 0 N–H and O–H groups in total. The third-order valence-corrected chi connectivity index (χ3v) is 2.17. The predicted octanol–water partition coefficient (Wildman–Crippen LogP) is 2.43. The first-order valence-electron chi connectivity index (χ1n) is 5.07. The third kappa shape index (κ3) is 2.48. The average Bonchev–Trinajstić information content (AvgIpc) is 3.01. The van der Waals surface area contributed by atoms with Crippen LogP contribution in [0.15, 0.2) is 24.3 Å². The monoisotopic (exact) mass is 191 g/mol. The van der Waals surface area contributed by atoms with E-state index in [1.165, 1.54) is 5.56 Å². The van der Waals surface area contributed by atoms with Gasteiger partial charge in [-0.1, -0.05) is 25.1 Å². The standard InChI is InChI=1S/C12H15O2/c1-2-5-10-6-3-4-7-12(10)14-9-11-8-13-11/h3-7,11H,2,8-9H2,1H3. The number of hydrogen-bond donors (Lipinski definition) is 0. The summed E-state index contributed by atoms with van der Waals surface area (Å²) in [7, 11) is 0. The highest BCUT2D eigenvalue weighted by molar-refractivity contribution is 5.38. The third-order valence-electron chi connectivity index (χ3n) is 2.17. The van der Waals surface area contributed by atoms with Crippen LogP contribution in [0.25, 0.3) is 0 Å². The van der Waals surface area contributed by atoms with E-state index in [9.17, 15) is 0 Å². The fourth-order valence-electron chi connectivity index (χ4n) is 1.35. The van der Waals surface area contributed by atoms with Crippen molar-refractivity contribution in [2.75, 3.05) is 13.2 Å². The van der Waals surface area contributed by atoms with Crippen LogP contribution in [0.4, 0.5) is 0 Å². The number of hydrogen-bond acceptors (Lipinski definition) is 2. The van der Waals surface area contributed by atoms with Crippen LogP contribution in [-0.2, 0) is 4.74 Å². The molecule has 0 amide bonds. The molecule has 1 aliphatic rings. The van der Waals surface area contributed by atoms with Crippen LogP contribution in [-0.4, -0.2) is 19.3 Å². The maximum atomic E-state index is 5.66. The zero-order chi connectivity index (χ0) is 9.80. The second-order valence-corrected chi connectivity index (χ2v) is 3.42. The molecular weight excluding hydrogens is 176 g/mol. The summed E-state index contributed by atoms with van der Waals surface area (Å²) in [5.74, 6) is 0.963. The van der Waals surface area contributed by atoms with Gasteiger partial charge in [0.1, 0.15) is 18.5 Å². The van der Waals surface area contributed by atoms with Gasteiger partial charge >= 0.3 is 0 Å². The van der Waals surface area contributed by atoms with E-state index in [2.05, 4.69) is 19.4 Å². The molecule has 1 aliphatic heterocycles. The van der Waals surface area contributed by atoms with Gasteiger partial charge in [-0.3, -0.25) is 0 Å². The quantitative estimate of drug-likeness (QED) is 0.667. The van der Waals surface area contributed by atoms with Crippen molar-refractivity contribution in [3.63, 3.8) is 0 Å². The SMILES string of the molecule is CC[CH]c1ccccc1OCC1CO1. The van der Waals surface area contributed by atoms with Gasteiger partial charge in [0.05, 0.1) is 6.61 Å². The van der Waals surface area contributed by atoms with Crippen molar-refractivity contribution in [2.24, 2.45) is 0 Å². The molecule has 1 atom stereocenters. The van der Waals surface area contributed by atoms with E-state index in [0.717, 1.165) is 18.8 Å². The molecule has 75 valence electrons. The number of para-hydroxylation sites is 1. The van der Waals surface area contributed by atoms with Gasteiger partial charge < -0.3 is 9.47 Å². The van der Waals surface area contributed by atoms with Crippen molar-refractivity contribution >= 4 is 0 Å². The Bertz CT molecular complexity index is 292. The molecule has 0 spiro atoms. The smallest absolute Gasteiger partial charge is 0.122 e. The van der Waals surface area contributed by atoms with E-state index in [1.807, 2.05) is 18.2 Å². The van der Waals surface area contributed by atoms with Gasteiger partial charge in [0, 0.05) is 0 Å². The van der Waals surface area contributed by atoms with Crippen molar-refractivity contribution in [3.05, 3.63) is 36.2 Å². The first kappa shape index (κ1) is 9.53. The van der Waals surface area contributed by atoms with Gasteiger partial charge in [0.25, 0.3) is 0 Å². The summed E-state index contributed by atoms with van der Waals surface area (Å²) in [5, 5.41) is 0. The van der Waals surface area contributed by atoms with Crippen LogP contribution in [0.3, 0.4) is 0 Å². The minimum atomic E-state index is 0.324. The second kappa shape index (κ2) is 4.47. The fourth-order valence-corrected chi connectivity index (χ4v) is 1.35. The molecule has 1 aromatic rings. The van der Waals surface area contributed by atoms with Gasteiger partial charge in [-0.25, -0.2) is 0 Å². The van der Waals surface area contributed by atoms with Gasteiger partial charge in [-0.15, -0.1) is 0 Å². The van der Waals surface area contributed by atoms with Crippen LogP contribution in [0.1, 0.15) is 18.9 Å². The van der Waals surface area contributed by atoms with Crippen molar-refractivity contribution in [3.8, 4) is 5.75 Å². The molecule has 1 unspecified atom stereocenters. The highest BCUT2D eigenvalue weighted by Gasteiger charge is 2.23. The van der Waals surface area contributed by atoms with Crippen LogP contribution in [0, 0.1) is 6.42 Å². The lowest BCUT2D eigenvalue weighted by molar-refractivity contribution is 0.262. The van der Waals surface area contributed by atoms with Crippen LogP contribution in [0.5, 0.6) is 5.75 Å². The van der Waals surface area contributed by atoms with Gasteiger partial charge in [-0.2, -0.15) is 0 Å². The number of benzene rings is 1. The van der Waals surface area contributed by atoms with Crippen LogP contribution < -0.4 is 4.74 Å². The van der Waals surface area contributed by atoms with E-state index >= 15 is 0 Å². The molecule has 2 rings (SSSR count). The normalized spacial score (nSPS) is 19.4. The first-order chi connectivity index (χ1) is 6.90. The van der Waals surface area contributed by atoms with Crippen LogP contribution >= 0.6 is 0 Å². The lowest BCUT2D eigenvalue weighted by Crippen LogP contribution is -2.05. The molecule has 14 heavy (non-hydrogen) atoms. The highest BCUT2D eigenvalue weighted by Crippen LogP contribution is 2.22. The van der Waals surface area contributed by atoms with Gasteiger partial charge in [0.15, 0.2) is 0 Å². The van der Waals surface area contributed by atoms with Gasteiger partial charge in [0.2, 0.25) is 0 Å². The maximum Gasteiger partial charge on any atom is 0.122 e. The molecule has 1 aromatic carbocycles. The fraction of sp³-hybridized carbons (Fsp3) is 0.417. The molecule has 2 nitrogen and oxygen atoms in total. The Balaban J connectivity index is 1.97. The van der Waals surface area contributed by atoms with E-state index in [4.69, 9.17) is 9.47 Å². The minimum Gasteiger partial charge on any atom is -0.490 e. The summed E-state index contributed by atoms with van der Waals surface area (Å²) >= 11 is 0. The van der Waals surface area contributed by atoms with Crippen molar-refractivity contribution < 1.29 is 9.47 Å². The Morgan fingerprint density at radius 3 is 3.00 bits per heavy atom. The lowest BCUT2D eigenvalue weighted by atomic mass is 10.1. The summed E-state index contributed by atoms with van der Waals surface area (Å²) in [6, 6.07) is 8.11. The molecule has 0 aromatic heterocycles. The van der Waals surface area contributed by atoms with E-state index in [0.29, 0.717) is 12.7 Å². The van der Waals surface area contributed by atoms with E-state index < -0.39 is 0 Å². The second-order valence-electron chi connectivity index (χ2n) is 3.42. The Morgan fingerprint density at radius 2 is 2.29 bits per heavy atom. The lowest BCUT2D eigenvalue weighted by Gasteiger charge is -2.09. The Kier molecular flexibility index (Phi) is 3.04. The molecule has 0 bridgehead atoms.